The van der Waals surface area contributed by atoms with Gasteiger partial charge in [0.2, 0.25) is 0 Å². The largest absolute Gasteiger partial charge is 0.378 e. The van der Waals surface area contributed by atoms with Gasteiger partial charge in [-0.2, -0.15) is 0 Å². The number of ether oxygens (including phenoxy) is 1. The first-order valence-corrected chi connectivity index (χ1v) is 13.2. The molecule has 2 saturated carbocycles. The van der Waals surface area contributed by atoms with Gasteiger partial charge in [-0.15, -0.1) is 0 Å². The van der Waals surface area contributed by atoms with Gasteiger partial charge in [0.25, 0.3) is 0 Å². The van der Waals surface area contributed by atoms with Crippen molar-refractivity contribution in [2.24, 2.45) is 17.3 Å². The van der Waals surface area contributed by atoms with Crippen molar-refractivity contribution in [2.45, 2.75) is 83.5 Å². The predicted molar refractivity (Wildman–Crippen MR) is 137 cm³/mol. The van der Waals surface area contributed by atoms with Crippen LogP contribution in [0.3, 0.4) is 0 Å². The quantitative estimate of drug-likeness (QED) is 0.580. The highest BCUT2D eigenvalue weighted by molar-refractivity contribution is 5.93. The van der Waals surface area contributed by atoms with E-state index in [0.29, 0.717) is 24.7 Å². The smallest absolute Gasteiger partial charge is 0.162 e. The van der Waals surface area contributed by atoms with Crippen molar-refractivity contribution in [3.63, 3.8) is 0 Å². The Morgan fingerprint density at radius 3 is 2.49 bits per heavy atom. The number of carbonyl (C=O) groups excluding carboxylic acids is 2. The lowest BCUT2D eigenvalue weighted by atomic mass is 9.50. The van der Waals surface area contributed by atoms with Crippen LogP contribution in [0.2, 0.25) is 0 Å². The van der Waals surface area contributed by atoms with Gasteiger partial charge in [0.1, 0.15) is 5.60 Å². The summed E-state index contributed by atoms with van der Waals surface area (Å²) in [6, 6.07) is 8.82. The van der Waals surface area contributed by atoms with Crippen molar-refractivity contribution in [1.29, 1.82) is 0 Å². The Kier molecular flexibility index (Phi) is 6.08. The minimum Gasteiger partial charge on any atom is -0.378 e. The van der Waals surface area contributed by atoms with Crippen LogP contribution in [0.1, 0.15) is 77.2 Å². The van der Waals surface area contributed by atoms with Crippen LogP contribution in [0.4, 0.5) is 5.69 Å². The molecule has 6 atom stereocenters. The van der Waals surface area contributed by atoms with E-state index < -0.39 is 11.9 Å². The van der Waals surface area contributed by atoms with Gasteiger partial charge in [0, 0.05) is 37.5 Å². The molecule has 4 aliphatic carbocycles. The number of aliphatic hydroxyl groups excluding tert-OH is 1. The zero-order chi connectivity index (χ0) is 25.1. The second-order valence-electron chi connectivity index (χ2n) is 11.6. The highest BCUT2D eigenvalue weighted by Crippen LogP contribution is 2.68. The summed E-state index contributed by atoms with van der Waals surface area (Å²) < 4.78 is 6.20. The number of hydrogen-bond acceptors (Lipinski definition) is 5. The van der Waals surface area contributed by atoms with E-state index in [1.54, 1.807) is 13.8 Å². The van der Waals surface area contributed by atoms with Gasteiger partial charge in [0.05, 0.1) is 0 Å². The molecule has 0 aromatic heterocycles. The van der Waals surface area contributed by atoms with Crippen LogP contribution in [0.15, 0.2) is 47.1 Å². The lowest BCUT2D eigenvalue weighted by Gasteiger charge is -2.55. The van der Waals surface area contributed by atoms with Crippen LogP contribution >= 0.6 is 0 Å². The normalized spacial score (nSPS) is 35.1. The Labute approximate surface area is 209 Å². The van der Waals surface area contributed by atoms with Gasteiger partial charge in [-0.3, -0.25) is 9.59 Å². The van der Waals surface area contributed by atoms with E-state index in [1.807, 2.05) is 20.2 Å². The maximum absolute atomic E-state index is 13.3. The highest BCUT2D eigenvalue weighted by atomic mass is 16.6. The zero-order valence-electron chi connectivity index (χ0n) is 21.8. The fourth-order valence-electron chi connectivity index (χ4n) is 8.10. The Hall–Kier alpha value is -2.24. The summed E-state index contributed by atoms with van der Waals surface area (Å²) in [5, 5.41) is 10.3. The molecule has 0 heterocycles. The number of benzene rings is 1. The van der Waals surface area contributed by atoms with Crippen LogP contribution in [0.25, 0.3) is 0 Å². The highest BCUT2D eigenvalue weighted by Gasteiger charge is 2.66. The van der Waals surface area contributed by atoms with E-state index in [4.69, 9.17) is 4.74 Å². The van der Waals surface area contributed by atoms with Crippen molar-refractivity contribution in [3.05, 3.63) is 52.6 Å². The number of rotatable bonds is 5. The number of aliphatic hydroxyl groups is 1. The van der Waals surface area contributed by atoms with Gasteiger partial charge >= 0.3 is 0 Å². The monoisotopic (exact) mass is 477 g/mol. The lowest BCUT2D eigenvalue weighted by Crippen LogP contribution is -2.57. The van der Waals surface area contributed by atoms with Gasteiger partial charge in [-0.25, -0.2) is 0 Å². The van der Waals surface area contributed by atoms with Gasteiger partial charge < -0.3 is 14.7 Å². The molecule has 1 aromatic rings. The fourth-order valence-corrected chi connectivity index (χ4v) is 8.10. The van der Waals surface area contributed by atoms with Crippen molar-refractivity contribution in [1.82, 2.24) is 0 Å². The average molecular weight is 478 g/mol. The first-order valence-electron chi connectivity index (χ1n) is 13.2. The molecule has 1 aromatic carbocycles. The molecule has 0 bridgehead atoms. The second kappa shape index (κ2) is 8.70. The fraction of sp³-hybridized carbons (Fsp3) is 0.600. The number of Topliss-reactive ketones (excluding diaryl/α,β-unsaturated/α-hetero) is 1. The van der Waals surface area contributed by atoms with E-state index in [1.165, 1.54) is 22.3 Å². The van der Waals surface area contributed by atoms with Crippen LogP contribution in [0.5, 0.6) is 0 Å². The van der Waals surface area contributed by atoms with Crippen molar-refractivity contribution < 1.29 is 19.4 Å². The molecule has 4 unspecified atom stereocenters. The van der Waals surface area contributed by atoms with Crippen LogP contribution in [-0.2, 0) is 14.3 Å². The summed E-state index contributed by atoms with van der Waals surface area (Å²) >= 11 is 0. The number of carbonyl (C=O) groups is 2. The van der Waals surface area contributed by atoms with Gasteiger partial charge in [0.15, 0.2) is 17.9 Å². The molecular formula is C30H39NO4. The minimum atomic E-state index is -0.989. The van der Waals surface area contributed by atoms with Crippen molar-refractivity contribution >= 4 is 17.3 Å². The first-order chi connectivity index (χ1) is 16.6. The summed E-state index contributed by atoms with van der Waals surface area (Å²) in [4.78, 5) is 27.6. The number of allylic oxidation sites excluding steroid dienone is 4. The van der Waals surface area contributed by atoms with E-state index >= 15 is 0 Å². The van der Waals surface area contributed by atoms with E-state index in [-0.39, 0.29) is 22.9 Å². The number of fused-ring (bicyclic) bond motifs is 4. The molecule has 188 valence electrons. The van der Waals surface area contributed by atoms with Crippen LogP contribution in [0, 0.1) is 17.3 Å². The van der Waals surface area contributed by atoms with E-state index in [2.05, 4.69) is 36.1 Å². The third kappa shape index (κ3) is 3.74. The molecule has 35 heavy (non-hydrogen) atoms. The standard InChI is InChI=1S/C30H39NO4/c1-18(32)30(35-19(2)33)15-14-27-25-12-8-21-16-23(34)11-13-24(21)28(25)26(17-29(27,30)3)20-6-9-22(10-7-20)31(4)5/h6-7,9-10,16,19,25-27,33H,8,11-15,17H2,1-5H3/t19?,25?,26-,27?,29?,30+/m1/s1. The van der Waals surface area contributed by atoms with E-state index in [9.17, 15) is 14.7 Å². The van der Waals surface area contributed by atoms with Gasteiger partial charge in [-0.1, -0.05) is 24.6 Å². The Morgan fingerprint density at radius 2 is 1.86 bits per heavy atom. The topological polar surface area (TPSA) is 66.8 Å². The number of hydrogen-bond donors (Lipinski definition) is 1. The molecule has 5 rings (SSSR count). The summed E-state index contributed by atoms with van der Waals surface area (Å²) in [5.74, 6) is 1.13. The Bertz CT molecular complexity index is 1100. The molecule has 0 spiro atoms. The third-order valence-corrected chi connectivity index (χ3v) is 9.61. The molecule has 0 amide bonds. The molecule has 0 aliphatic heterocycles. The van der Waals surface area contributed by atoms with Crippen molar-refractivity contribution in [3.8, 4) is 0 Å². The Balaban J connectivity index is 1.68. The van der Waals surface area contributed by atoms with Crippen LogP contribution < -0.4 is 4.90 Å². The SMILES string of the molecule is CC(=O)[C@@]1(OC(C)O)CCC2C3CCC4=CC(=O)CCC4=C3[C@@H](c3ccc(N(C)C)cc3)CC21C. The van der Waals surface area contributed by atoms with Gasteiger partial charge in [-0.05, 0) is 99.1 Å². The maximum atomic E-state index is 13.3. The summed E-state index contributed by atoms with van der Waals surface area (Å²) in [6.45, 7) is 5.50. The number of ketones is 2. The Morgan fingerprint density at radius 1 is 1.14 bits per heavy atom. The zero-order valence-corrected chi connectivity index (χ0v) is 21.8. The third-order valence-electron chi connectivity index (χ3n) is 9.61. The molecule has 0 saturated heterocycles. The summed E-state index contributed by atoms with van der Waals surface area (Å²) in [7, 11) is 4.10. The van der Waals surface area contributed by atoms with E-state index in [0.717, 1.165) is 37.8 Å². The molecule has 5 nitrogen and oxygen atoms in total. The molecule has 2 fully saturated rings. The second-order valence-corrected chi connectivity index (χ2v) is 11.6. The number of nitrogens with zero attached hydrogens (tertiary/aromatic N) is 1. The van der Waals surface area contributed by atoms with Crippen LogP contribution in [-0.4, -0.2) is 42.7 Å². The predicted octanol–water partition coefficient (Wildman–Crippen LogP) is 5.33. The average Bonchev–Trinajstić information content (AvgIpc) is 3.10. The molecule has 4 aliphatic rings. The molecule has 1 N–H and O–H groups in total. The van der Waals surface area contributed by atoms with Crippen molar-refractivity contribution in [2.75, 3.05) is 19.0 Å². The maximum Gasteiger partial charge on any atom is 0.162 e. The first kappa shape index (κ1) is 24.5. The summed E-state index contributed by atoms with van der Waals surface area (Å²) in [6.07, 6.45) is 6.65. The summed E-state index contributed by atoms with van der Waals surface area (Å²) in [5.41, 5.74) is 5.23. The number of anilines is 1. The molecule has 0 radical (unpaired) electrons. The minimum absolute atomic E-state index is 0.0286. The lowest BCUT2D eigenvalue weighted by molar-refractivity contribution is -0.219. The molecule has 5 heteroatoms. The molecular weight excluding hydrogens is 438 g/mol.